The van der Waals surface area contributed by atoms with E-state index in [2.05, 4.69) is 5.32 Å². The van der Waals surface area contributed by atoms with Crippen LogP contribution in [0.5, 0.6) is 5.75 Å². The van der Waals surface area contributed by atoms with E-state index < -0.39 is 0 Å². The molecule has 3 heteroatoms. The molecule has 0 aromatic heterocycles. The molecule has 0 spiro atoms. The van der Waals surface area contributed by atoms with Gasteiger partial charge in [-0.3, -0.25) is 4.79 Å². The summed E-state index contributed by atoms with van der Waals surface area (Å²) in [5.74, 6) is 0.635. The summed E-state index contributed by atoms with van der Waals surface area (Å²) in [6, 6.07) is 24.7. The first-order valence-corrected chi connectivity index (χ1v) is 7.38. The predicted molar refractivity (Wildman–Crippen MR) is 92.8 cm³/mol. The zero-order valence-electron chi connectivity index (χ0n) is 12.8. The van der Waals surface area contributed by atoms with E-state index in [0.717, 1.165) is 22.6 Å². The third-order valence-electron chi connectivity index (χ3n) is 3.58. The Labute approximate surface area is 135 Å². The second-order valence-electron chi connectivity index (χ2n) is 5.10. The zero-order valence-corrected chi connectivity index (χ0v) is 12.8. The van der Waals surface area contributed by atoms with Crippen LogP contribution in [-0.4, -0.2) is 13.0 Å². The highest BCUT2D eigenvalue weighted by Crippen LogP contribution is 2.27. The molecule has 0 heterocycles. The Morgan fingerprint density at radius 2 is 1.61 bits per heavy atom. The first-order valence-electron chi connectivity index (χ1n) is 7.38. The fourth-order valence-electron chi connectivity index (χ4n) is 2.44. The van der Waals surface area contributed by atoms with Crippen LogP contribution in [-0.2, 0) is 0 Å². The Balaban J connectivity index is 1.95. The van der Waals surface area contributed by atoms with Crippen LogP contribution in [0.1, 0.15) is 10.4 Å². The maximum Gasteiger partial charge on any atom is 0.256 e. The molecule has 3 nitrogen and oxygen atoms in total. The van der Waals surface area contributed by atoms with Crippen LogP contribution in [0.2, 0.25) is 0 Å². The first-order chi connectivity index (χ1) is 11.3. The average molecular weight is 303 g/mol. The van der Waals surface area contributed by atoms with Crippen molar-refractivity contribution in [1.29, 1.82) is 0 Å². The van der Waals surface area contributed by atoms with Crippen molar-refractivity contribution in [2.24, 2.45) is 0 Å². The van der Waals surface area contributed by atoms with Crippen molar-refractivity contribution in [2.75, 3.05) is 12.4 Å². The summed E-state index contributed by atoms with van der Waals surface area (Å²) in [5.41, 5.74) is 3.23. The van der Waals surface area contributed by atoms with Gasteiger partial charge in [-0.05, 0) is 41.5 Å². The van der Waals surface area contributed by atoms with Crippen molar-refractivity contribution in [2.45, 2.75) is 0 Å². The highest BCUT2D eigenvalue weighted by Gasteiger charge is 2.13. The molecular formula is C20H17NO2. The number of benzene rings is 3. The predicted octanol–water partition coefficient (Wildman–Crippen LogP) is 4.61. The van der Waals surface area contributed by atoms with Gasteiger partial charge in [-0.1, -0.05) is 48.5 Å². The largest absolute Gasteiger partial charge is 0.497 e. The van der Waals surface area contributed by atoms with Gasteiger partial charge in [-0.2, -0.15) is 0 Å². The number of ether oxygens (including phenoxy) is 1. The summed E-state index contributed by atoms with van der Waals surface area (Å²) < 4.78 is 5.27. The van der Waals surface area contributed by atoms with Crippen molar-refractivity contribution in [3.8, 4) is 16.9 Å². The van der Waals surface area contributed by atoms with Gasteiger partial charge in [0.25, 0.3) is 5.91 Å². The quantitative estimate of drug-likeness (QED) is 0.764. The molecule has 1 amide bonds. The maximum atomic E-state index is 12.6. The Morgan fingerprint density at radius 3 is 2.39 bits per heavy atom. The highest BCUT2D eigenvalue weighted by molar-refractivity contribution is 6.08. The van der Waals surface area contributed by atoms with Crippen molar-refractivity contribution < 1.29 is 9.53 Å². The molecular weight excluding hydrogens is 286 g/mol. The van der Waals surface area contributed by atoms with Gasteiger partial charge in [0.15, 0.2) is 0 Å². The van der Waals surface area contributed by atoms with Crippen molar-refractivity contribution >= 4 is 11.6 Å². The fraction of sp³-hybridized carbons (Fsp3) is 0.0500. The van der Waals surface area contributed by atoms with E-state index in [4.69, 9.17) is 4.74 Å². The third-order valence-corrected chi connectivity index (χ3v) is 3.58. The van der Waals surface area contributed by atoms with E-state index in [0.29, 0.717) is 5.56 Å². The number of hydrogen-bond donors (Lipinski definition) is 1. The molecule has 0 fully saturated rings. The van der Waals surface area contributed by atoms with E-state index in [1.807, 2.05) is 78.9 Å². The molecule has 0 radical (unpaired) electrons. The Bertz CT molecular complexity index is 813. The van der Waals surface area contributed by atoms with Gasteiger partial charge in [0.05, 0.1) is 7.11 Å². The van der Waals surface area contributed by atoms with E-state index in [-0.39, 0.29) is 5.91 Å². The zero-order chi connectivity index (χ0) is 16.1. The number of nitrogens with one attached hydrogen (secondary N) is 1. The van der Waals surface area contributed by atoms with Gasteiger partial charge in [0, 0.05) is 11.3 Å². The minimum Gasteiger partial charge on any atom is -0.497 e. The molecule has 3 aromatic rings. The van der Waals surface area contributed by atoms with Crippen LogP contribution < -0.4 is 10.1 Å². The lowest BCUT2D eigenvalue weighted by molar-refractivity contribution is 0.102. The molecule has 1 N–H and O–H groups in total. The summed E-state index contributed by atoms with van der Waals surface area (Å²) in [6.07, 6.45) is 0. The monoisotopic (exact) mass is 303 g/mol. The van der Waals surface area contributed by atoms with E-state index in [1.54, 1.807) is 7.11 Å². The van der Waals surface area contributed by atoms with Crippen LogP contribution in [0.3, 0.4) is 0 Å². The number of carbonyl (C=O) groups is 1. The maximum absolute atomic E-state index is 12.6. The topological polar surface area (TPSA) is 38.3 Å². The van der Waals surface area contributed by atoms with Gasteiger partial charge >= 0.3 is 0 Å². The van der Waals surface area contributed by atoms with E-state index in [1.165, 1.54) is 0 Å². The second kappa shape index (κ2) is 6.79. The van der Waals surface area contributed by atoms with Crippen molar-refractivity contribution in [3.05, 3.63) is 84.4 Å². The van der Waals surface area contributed by atoms with Gasteiger partial charge in [0.1, 0.15) is 5.75 Å². The number of carbonyl (C=O) groups excluding carboxylic acids is 1. The SMILES string of the molecule is COc1cccc(-c2ccccc2C(=O)Nc2ccccc2)c1. The van der Waals surface area contributed by atoms with Gasteiger partial charge in [-0.15, -0.1) is 0 Å². The van der Waals surface area contributed by atoms with Crippen LogP contribution in [0.4, 0.5) is 5.69 Å². The summed E-state index contributed by atoms with van der Waals surface area (Å²) in [4.78, 5) is 12.6. The Hall–Kier alpha value is -3.07. The lowest BCUT2D eigenvalue weighted by atomic mass is 9.99. The molecule has 0 aliphatic heterocycles. The minimum atomic E-state index is -0.130. The molecule has 0 aliphatic rings. The number of anilines is 1. The second-order valence-corrected chi connectivity index (χ2v) is 5.10. The molecule has 0 atom stereocenters. The summed E-state index contributed by atoms with van der Waals surface area (Å²) in [7, 11) is 1.63. The molecule has 0 unspecified atom stereocenters. The Kier molecular flexibility index (Phi) is 4.39. The van der Waals surface area contributed by atoms with Crippen molar-refractivity contribution in [1.82, 2.24) is 0 Å². The van der Waals surface area contributed by atoms with Crippen molar-refractivity contribution in [3.63, 3.8) is 0 Å². The first kappa shape index (κ1) is 14.9. The standard InChI is InChI=1S/C20H17NO2/c1-23-17-11-7-8-15(14-17)18-12-5-6-13-19(18)20(22)21-16-9-3-2-4-10-16/h2-14H,1H3,(H,21,22). The highest BCUT2D eigenvalue weighted by atomic mass is 16.5. The van der Waals surface area contributed by atoms with Crippen LogP contribution in [0.15, 0.2) is 78.9 Å². The molecule has 114 valence electrons. The minimum absolute atomic E-state index is 0.130. The van der Waals surface area contributed by atoms with E-state index >= 15 is 0 Å². The molecule has 0 saturated carbocycles. The van der Waals surface area contributed by atoms with E-state index in [9.17, 15) is 4.79 Å². The lowest BCUT2D eigenvalue weighted by Crippen LogP contribution is -2.13. The lowest BCUT2D eigenvalue weighted by Gasteiger charge is -2.11. The Morgan fingerprint density at radius 1 is 0.870 bits per heavy atom. The number of rotatable bonds is 4. The van der Waals surface area contributed by atoms with Gasteiger partial charge < -0.3 is 10.1 Å². The van der Waals surface area contributed by atoms with Gasteiger partial charge in [-0.25, -0.2) is 0 Å². The third kappa shape index (κ3) is 3.40. The summed E-state index contributed by atoms with van der Waals surface area (Å²) >= 11 is 0. The van der Waals surface area contributed by atoms with Crippen LogP contribution in [0, 0.1) is 0 Å². The average Bonchev–Trinajstić information content (AvgIpc) is 2.62. The molecule has 3 rings (SSSR count). The van der Waals surface area contributed by atoms with Crippen LogP contribution >= 0.6 is 0 Å². The van der Waals surface area contributed by atoms with Crippen LogP contribution in [0.25, 0.3) is 11.1 Å². The summed E-state index contributed by atoms with van der Waals surface area (Å²) in [5, 5.41) is 2.93. The number of methoxy groups -OCH3 is 1. The number of para-hydroxylation sites is 1. The molecule has 3 aromatic carbocycles. The normalized spacial score (nSPS) is 10.1. The molecule has 0 aliphatic carbocycles. The molecule has 0 saturated heterocycles. The smallest absolute Gasteiger partial charge is 0.256 e. The molecule has 0 bridgehead atoms. The summed E-state index contributed by atoms with van der Waals surface area (Å²) in [6.45, 7) is 0. The van der Waals surface area contributed by atoms with Gasteiger partial charge in [0.2, 0.25) is 0 Å². The molecule has 23 heavy (non-hydrogen) atoms. The number of amides is 1. The number of hydrogen-bond acceptors (Lipinski definition) is 2. The fourth-order valence-corrected chi connectivity index (χ4v) is 2.44.